The van der Waals surface area contributed by atoms with Gasteiger partial charge in [-0.15, -0.1) is 11.8 Å². The Morgan fingerprint density at radius 1 is 1.11 bits per heavy atom. The lowest BCUT2D eigenvalue weighted by Crippen LogP contribution is -2.45. The number of thioether (sulfide) groups is 1. The fraction of sp³-hybridized carbons (Fsp3) is 0.435. The zero-order valence-corrected chi connectivity index (χ0v) is 17.4. The highest BCUT2D eigenvalue weighted by molar-refractivity contribution is 8.00. The van der Waals surface area contributed by atoms with Crippen molar-refractivity contribution in [3.8, 4) is 0 Å². The van der Waals surface area contributed by atoms with E-state index >= 15 is 0 Å². The van der Waals surface area contributed by atoms with E-state index in [4.69, 9.17) is 0 Å². The quantitative estimate of drug-likeness (QED) is 0.701. The van der Waals surface area contributed by atoms with Gasteiger partial charge >= 0.3 is 0 Å². The van der Waals surface area contributed by atoms with Crippen LogP contribution in [0.4, 0.5) is 0 Å². The van der Waals surface area contributed by atoms with Gasteiger partial charge in [-0.25, -0.2) is 0 Å². The highest BCUT2D eigenvalue weighted by Crippen LogP contribution is 2.26. The van der Waals surface area contributed by atoms with Crippen LogP contribution in [-0.2, 0) is 13.0 Å². The number of carbonyl (C=O) groups excluding carboxylic acids is 1. The Labute approximate surface area is 167 Å². The summed E-state index contributed by atoms with van der Waals surface area (Å²) < 4.78 is 0. The molecule has 1 aliphatic heterocycles. The van der Waals surface area contributed by atoms with Gasteiger partial charge in [-0.05, 0) is 36.1 Å². The van der Waals surface area contributed by atoms with Crippen molar-refractivity contribution in [2.75, 3.05) is 13.1 Å². The number of hydrogen-bond acceptors (Lipinski definition) is 3. The average Bonchev–Trinajstić information content (AvgIpc) is 2.68. The lowest BCUT2D eigenvalue weighted by molar-refractivity contribution is 0.0923. The van der Waals surface area contributed by atoms with Crippen LogP contribution in [0.3, 0.4) is 0 Å². The zero-order chi connectivity index (χ0) is 19.2. The molecule has 1 atom stereocenters. The summed E-state index contributed by atoms with van der Waals surface area (Å²) >= 11 is 1.74. The molecule has 0 spiro atoms. The van der Waals surface area contributed by atoms with Gasteiger partial charge in [0.15, 0.2) is 0 Å². The first kappa shape index (κ1) is 20.0. The Bertz CT molecular complexity index is 774. The third-order valence-electron chi connectivity index (χ3n) is 5.14. The molecular formula is C23H30N2OS. The van der Waals surface area contributed by atoms with Crippen molar-refractivity contribution in [1.29, 1.82) is 0 Å². The van der Waals surface area contributed by atoms with Gasteiger partial charge in [0, 0.05) is 35.8 Å². The SMILES string of the molecule is CCC(CNC(=O)c1ccccc1SC(C)C)N1CCc2ccccc2C1. The standard InChI is InChI=1S/C23H30N2OS/c1-4-20(25-14-13-18-9-5-6-10-19(18)16-25)15-24-23(26)21-11-7-8-12-22(21)27-17(2)3/h5-12,17,20H,4,13-16H2,1-3H3,(H,24,26). The summed E-state index contributed by atoms with van der Waals surface area (Å²) in [4.78, 5) is 16.4. The van der Waals surface area contributed by atoms with Crippen molar-refractivity contribution in [2.24, 2.45) is 0 Å². The van der Waals surface area contributed by atoms with Crippen molar-refractivity contribution in [3.63, 3.8) is 0 Å². The molecule has 0 saturated carbocycles. The van der Waals surface area contributed by atoms with Crippen LogP contribution in [0.1, 0.15) is 48.7 Å². The van der Waals surface area contributed by atoms with Crippen molar-refractivity contribution >= 4 is 17.7 Å². The minimum atomic E-state index is 0.0367. The number of amides is 1. The van der Waals surface area contributed by atoms with Crippen LogP contribution in [0, 0.1) is 0 Å². The van der Waals surface area contributed by atoms with E-state index in [2.05, 4.69) is 55.3 Å². The summed E-state index contributed by atoms with van der Waals surface area (Å²) in [6.07, 6.45) is 2.12. The molecule has 1 unspecified atom stereocenters. The Morgan fingerprint density at radius 3 is 2.56 bits per heavy atom. The number of hydrogen-bond donors (Lipinski definition) is 1. The normalized spacial score (nSPS) is 15.4. The molecule has 1 aliphatic rings. The topological polar surface area (TPSA) is 32.3 Å². The van der Waals surface area contributed by atoms with Crippen LogP contribution >= 0.6 is 11.8 Å². The third kappa shape index (κ3) is 5.14. The lowest BCUT2D eigenvalue weighted by Gasteiger charge is -2.35. The predicted molar refractivity (Wildman–Crippen MR) is 114 cm³/mol. The molecule has 0 bridgehead atoms. The summed E-state index contributed by atoms with van der Waals surface area (Å²) in [6.45, 7) is 9.24. The molecule has 0 radical (unpaired) electrons. The molecule has 1 N–H and O–H groups in total. The molecule has 2 aromatic carbocycles. The maximum absolute atomic E-state index is 12.8. The molecule has 0 fully saturated rings. The van der Waals surface area contributed by atoms with Crippen LogP contribution in [0.15, 0.2) is 53.4 Å². The van der Waals surface area contributed by atoms with E-state index in [0.717, 1.165) is 36.4 Å². The molecule has 2 aromatic rings. The fourth-order valence-electron chi connectivity index (χ4n) is 3.68. The van der Waals surface area contributed by atoms with Gasteiger partial charge in [-0.1, -0.05) is 57.2 Å². The number of fused-ring (bicyclic) bond motifs is 1. The Kier molecular flexibility index (Phi) is 6.97. The third-order valence-corrected chi connectivity index (χ3v) is 6.22. The molecule has 1 amide bonds. The number of rotatable bonds is 7. The van der Waals surface area contributed by atoms with Crippen molar-refractivity contribution in [3.05, 3.63) is 65.2 Å². The van der Waals surface area contributed by atoms with Gasteiger partial charge in [0.1, 0.15) is 0 Å². The Morgan fingerprint density at radius 2 is 1.81 bits per heavy atom. The van der Waals surface area contributed by atoms with E-state index in [1.54, 1.807) is 11.8 Å². The molecule has 0 aliphatic carbocycles. The number of carbonyl (C=O) groups is 1. The first-order valence-corrected chi connectivity index (χ1v) is 10.8. The van der Waals surface area contributed by atoms with E-state index in [1.807, 2.05) is 24.3 Å². The van der Waals surface area contributed by atoms with E-state index in [0.29, 0.717) is 17.8 Å². The van der Waals surface area contributed by atoms with Gasteiger partial charge in [0.25, 0.3) is 5.91 Å². The second kappa shape index (κ2) is 9.43. The second-order valence-corrected chi connectivity index (χ2v) is 9.04. The van der Waals surface area contributed by atoms with Gasteiger partial charge in [0.2, 0.25) is 0 Å². The molecule has 144 valence electrons. The van der Waals surface area contributed by atoms with Crippen LogP contribution in [0.2, 0.25) is 0 Å². The summed E-state index contributed by atoms with van der Waals surface area (Å²) in [5, 5.41) is 3.65. The summed E-state index contributed by atoms with van der Waals surface area (Å²) in [7, 11) is 0. The predicted octanol–water partition coefficient (Wildman–Crippen LogP) is 4.75. The van der Waals surface area contributed by atoms with Crippen LogP contribution in [0.5, 0.6) is 0 Å². The molecule has 3 rings (SSSR count). The molecule has 27 heavy (non-hydrogen) atoms. The summed E-state index contributed by atoms with van der Waals surface area (Å²) in [6, 6.07) is 17.0. The van der Waals surface area contributed by atoms with Gasteiger partial charge in [-0.3, -0.25) is 9.69 Å². The van der Waals surface area contributed by atoms with E-state index in [1.165, 1.54) is 11.1 Å². The van der Waals surface area contributed by atoms with Crippen LogP contribution in [0.25, 0.3) is 0 Å². The smallest absolute Gasteiger partial charge is 0.252 e. The Hall–Kier alpha value is -1.78. The molecule has 3 nitrogen and oxygen atoms in total. The monoisotopic (exact) mass is 382 g/mol. The zero-order valence-electron chi connectivity index (χ0n) is 16.6. The van der Waals surface area contributed by atoms with E-state index in [9.17, 15) is 4.79 Å². The highest BCUT2D eigenvalue weighted by atomic mass is 32.2. The van der Waals surface area contributed by atoms with Crippen LogP contribution < -0.4 is 5.32 Å². The minimum absolute atomic E-state index is 0.0367. The van der Waals surface area contributed by atoms with E-state index < -0.39 is 0 Å². The van der Waals surface area contributed by atoms with Crippen molar-refractivity contribution in [1.82, 2.24) is 10.2 Å². The second-order valence-electron chi connectivity index (χ2n) is 7.42. The molecule has 1 heterocycles. The lowest BCUT2D eigenvalue weighted by atomic mass is 9.98. The van der Waals surface area contributed by atoms with Crippen LogP contribution in [-0.4, -0.2) is 35.2 Å². The van der Waals surface area contributed by atoms with E-state index in [-0.39, 0.29) is 5.91 Å². The van der Waals surface area contributed by atoms with Gasteiger partial charge in [-0.2, -0.15) is 0 Å². The fourth-order valence-corrected chi connectivity index (χ4v) is 4.63. The maximum Gasteiger partial charge on any atom is 0.252 e. The first-order chi connectivity index (χ1) is 13.1. The van der Waals surface area contributed by atoms with Crippen molar-refractivity contribution < 1.29 is 4.79 Å². The summed E-state index contributed by atoms with van der Waals surface area (Å²) in [5.41, 5.74) is 3.68. The maximum atomic E-state index is 12.8. The first-order valence-electron chi connectivity index (χ1n) is 9.93. The number of nitrogens with zero attached hydrogens (tertiary/aromatic N) is 1. The minimum Gasteiger partial charge on any atom is -0.350 e. The van der Waals surface area contributed by atoms with Gasteiger partial charge in [0.05, 0.1) is 5.56 Å². The average molecular weight is 383 g/mol. The highest BCUT2D eigenvalue weighted by Gasteiger charge is 2.23. The Balaban J connectivity index is 1.62. The molecule has 4 heteroatoms. The number of nitrogens with one attached hydrogen (secondary N) is 1. The van der Waals surface area contributed by atoms with Gasteiger partial charge < -0.3 is 5.32 Å². The largest absolute Gasteiger partial charge is 0.350 e. The molecule has 0 aromatic heterocycles. The summed E-state index contributed by atoms with van der Waals surface area (Å²) in [5.74, 6) is 0.0367. The number of benzene rings is 2. The van der Waals surface area contributed by atoms with Crippen molar-refractivity contribution in [2.45, 2.75) is 56.3 Å². The molecular weight excluding hydrogens is 352 g/mol. The molecule has 0 saturated heterocycles.